The number of aromatic nitrogens is 1. The number of benzene rings is 1. The van der Waals surface area contributed by atoms with Crippen molar-refractivity contribution in [2.45, 2.75) is 19.3 Å². The van der Waals surface area contributed by atoms with Gasteiger partial charge in [0.25, 0.3) is 5.91 Å². The minimum Gasteiger partial charge on any atom is -0.481 e. The summed E-state index contributed by atoms with van der Waals surface area (Å²) in [7, 11) is 0. The van der Waals surface area contributed by atoms with Gasteiger partial charge in [0.05, 0.1) is 15.7 Å². The molecule has 2 aromatic rings. The molecule has 0 saturated carbocycles. The fraction of sp³-hybridized carbons (Fsp3) is 0.308. The van der Waals surface area contributed by atoms with Crippen LogP contribution in [-0.2, 0) is 4.79 Å². The number of hydrogen-bond donors (Lipinski definition) is 2. The van der Waals surface area contributed by atoms with Crippen molar-refractivity contribution in [1.29, 1.82) is 0 Å². The second kappa shape index (κ2) is 6.29. The first-order valence-electron chi connectivity index (χ1n) is 6.00. The van der Waals surface area contributed by atoms with E-state index in [-0.39, 0.29) is 12.3 Å². The van der Waals surface area contributed by atoms with Crippen LogP contribution in [0, 0.1) is 0 Å². The molecule has 0 fully saturated rings. The van der Waals surface area contributed by atoms with Gasteiger partial charge in [-0.15, -0.1) is 11.3 Å². The van der Waals surface area contributed by atoms with Crippen molar-refractivity contribution in [3.63, 3.8) is 0 Å². The van der Waals surface area contributed by atoms with Gasteiger partial charge in [0.2, 0.25) is 0 Å². The number of hydrogen-bond acceptors (Lipinski definition) is 4. The lowest BCUT2D eigenvalue weighted by Gasteiger charge is -2.04. The molecule has 0 spiro atoms. The van der Waals surface area contributed by atoms with Gasteiger partial charge in [-0.1, -0.05) is 0 Å². The number of rotatable bonds is 6. The minimum atomic E-state index is -0.804. The monoisotopic (exact) mass is 278 g/mol. The molecule has 0 unspecified atom stereocenters. The third kappa shape index (κ3) is 3.75. The molecule has 100 valence electrons. The summed E-state index contributed by atoms with van der Waals surface area (Å²) >= 11 is 1.50. The molecule has 0 aliphatic heterocycles. The highest BCUT2D eigenvalue weighted by Gasteiger charge is 2.07. The molecule has 1 aromatic heterocycles. The van der Waals surface area contributed by atoms with E-state index in [1.165, 1.54) is 11.3 Å². The van der Waals surface area contributed by atoms with Crippen molar-refractivity contribution in [1.82, 2.24) is 10.3 Å². The molecule has 0 atom stereocenters. The lowest BCUT2D eigenvalue weighted by Crippen LogP contribution is -2.24. The first kappa shape index (κ1) is 13.5. The van der Waals surface area contributed by atoms with Gasteiger partial charge in [-0.05, 0) is 31.0 Å². The van der Waals surface area contributed by atoms with Gasteiger partial charge < -0.3 is 10.4 Å². The maximum Gasteiger partial charge on any atom is 0.303 e. The van der Waals surface area contributed by atoms with Crippen LogP contribution in [-0.4, -0.2) is 28.5 Å². The molecule has 0 aliphatic carbocycles. The first-order valence-corrected chi connectivity index (χ1v) is 6.88. The summed E-state index contributed by atoms with van der Waals surface area (Å²) in [5.41, 5.74) is 3.25. The lowest BCUT2D eigenvalue weighted by atomic mass is 10.2. The highest BCUT2D eigenvalue weighted by Crippen LogP contribution is 2.18. The summed E-state index contributed by atoms with van der Waals surface area (Å²) in [6.45, 7) is 0.493. The smallest absolute Gasteiger partial charge is 0.303 e. The van der Waals surface area contributed by atoms with E-state index in [0.29, 0.717) is 24.9 Å². The van der Waals surface area contributed by atoms with E-state index in [1.807, 2.05) is 12.1 Å². The van der Waals surface area contributed by atoms with Crippen molar-refractivity contribution in [3.05, 3.63) is 29.3 Å². The summed E-state index contributed by atoms with van der Waals surface area (Å²) in [5.74, 6) is -0.937. The fourth-order valence-corrected chi connectivity index (χ4v) is 2.42. The molecule has 0 bridgehead atoms. The second-order valence-corrected chi connectivity index (χ2v) is 5.03. The third-order valence-corrected chi connectivity index (χ3v) is 3.49. The summed E-state index contributed by atoms with van der Waals surface area (Å²) < 4.78 is 0.985. The maximum absolute atomic E-state index is 11.9. The van der Waals surface area contributed by atoms with Crippen molar-refractivity contribution < 1.29 is 14.7 Å². The molecule has 1 aromatic carbocycles. The van der Waals surface area contributed by atoms with Crippen LogP contribution in [0.2, 0.25) is 0 Å². The fourth-order valence-electron chi connectivity index (χ4n) is 1.70. The number of nitrogens with zero attached hydrogens (tertiary/aromatic N) is 1. The second-order valence-electron chi connectivity index (χ2n) is 4.14. The Morgan fingerprint density at radius 3 is 2.95 bits per heavy atom. The summed E-state index contributed by atoms with van der Waals surface area (Å²) in [6, 6.07) is 5.39. The van der Waals surface area contributed by atoms with Crippen LogP contribution in [0.1, 0.15) is 29.6 Å². The van der Waals surface area contributed by atoms with Crippen molar-refractivity contribution in [3.8, 4) is 0 Å². The van der Waals surface area contributed by atoms with Gasteiger partial charge >= 0.3 is 5.97 Å². The summed E-state index contributed by atoms with van der Waals surface area (Å²) in [4.78, 5) is 26.3. The van der Waals surface area contributed by atoms with Crippen LogP contribution in [0.15, 0.2) is 23.7 Å². The molecular weight excluding hydrogens is 264 g/mol. The normalized spacial score (nSPS) is 10.5. The Bertz CT molecular complexity index is 594. The van der Waals surface area contributed by atoms with Crippen molar-refractivity contribution in [2.24, 2.45) is 0 Å². The Kier molecular flexibility index (Phi) is 4.46. The topological polar surface area (TPSA) is 79.3 Å². The van der Waals surface area contributed by atoms with E-state index in [9.17, 15) is 9.59 Å². The number of aliphatic carboxylic acids is 1. The molecule has 2 N–H and O–H groups in total. The average molecular weight is 278 g/mol. The quantitative estimate of drug-likeness (QED) is 0.794. The zero-order valence-electron chi connectivity index (χ0n) is 10.3. The Morgan fingerprint density at radius 2 is 2.16 bits per heavy atom. The standard InChI is InChI=1S/C13H14N2O3S/c16-12(17)3-1-2-6-14-13(18)9-4-5-10-11(7-9)19-8-15-10/h4-5,7-8H,1-3,6H2,(H,14,18)(H,16,17). The molecule has 5 nitrogen and oxygen atoms in total. The van der Waals surface area contributed by atoms with Crippen LogP contribution < -0.4 is 5.32 Å². The Hall–Kier alpha value is -1.95. The van der Waals surface area contributed by atoms with Gasteiger partial charge in [0.1, 0.15) is 0 Å². The highest BCUT2D eigenvalue weighted by atomic mass is 32.1. The van der Waals surface area contributed by atoms with E-state index in [1.54, 1.807) is 11.6 Å². The maximum atomic E-state index is 11.9. The Balaban J connectivity index is 1.84. The molecule has 6 heteroatoms. The number of nitrogens with one attached hydrogen (secondary N) is 1. The molecule has 0 radical (unpaired) electrons. The summed E-state index contributed by atoms with van der Waals surface area (Å²) in [5, 5.41) is 11.3. The molecule has 1 amide bonds. The van der Waals surface area contributed by atoms with E-state index >= 15 is 0 Å². The van der Waals surface area contributed by atoms with E-state index in [4.69, 9.17) is 5.11 Å². The van der Waals surface area contributed by atoms with Gasteiger partial charge in [-0.2, -0.15) is 0 Å². The third-order valence-electron chi connectivity index (χ3n) is 2.70. The van der Waals surface area contributed by atoms with E-state index < -0.39 is 5.97 Å². The number of carbonyl (C=O) groups excluding carboxylic acids is 1. The van der Waals surface area contributed by atoms with Crippen LogP contribution in [0.4, 0.5) is 0 Å². The Morgan fingerprint density at radius 1 is 1.32 bits per heavy atom. The molecule has 1 heterocycles. The van der Waals surface area contributed by atoms with Gasteiger partial charge in [-0.25, -0.2) is 4.98 Å². The predicted octanol–water partition coefficient (Wildman–Crippen LogP) is 2.28. The van der Waals surface area contributed by atoms with E-state index in [0.717, 1.165) is 10.2 Å². The largest absolute Gasteiger partial charge is 0.481 e. The van der Waals surface area contributed by atoms with Crippen LogP contribution in [0.3, 0.4) is 0 Å². The van der Waals surface area contributed by atoms with Crippen molar-refractivity contribution in [2.75, 3.05) is 6.54 Å². The van der Waals surface area contributed by atoms with E-state index in [2.05, 4.69) is 10.3 Å². The first-order chi connectivity index (χ1) is 9.16. The van der Waals surface area contributed by atoms with Gasteiger partial charge in [-0.3, -0.25) is 9.59 Å². The number of carboxylic acid groups (broad SMARTS) is 1. The summed E-state index contributed by atoms with van der Waals surface area (Å²) in [6.07, 6.45) is 1.38. The minimum absolute atomic E-state index is 0.134. The zero-order chi connectivity index (χ0) is 13.7. The van der Waals surface area contributed by atoms with Crippen LogP contribution >= 0.6 is 11.3 Å². The predicted molar refractivity (Wildman–Crippen MR) is 73.4 cm³/mol. The lowest BCUT2D eigenvalue weighted by molar-refractivity contribution is -0.137. The number of fused-ring (bicyclic) bond motifs is 1. The van der Waals surface area contributed by atoms with Crippen LogP contribution in [0.5, 0.6) is 0 Å². The molecular formula is C13H14N2O3S. The Labute approximate surface area is 114 Å². The average Bonchev–Trinajstić information content (AvgIpc) is 2.84. The highest BCUT2D eigenvalue weighted by molar-refractivity contribution is 7.16. The number of carboxylic acids is 1. The van der Waals surface area contributed by atoms with Gasteiger partial charge in [0.15, 0.2) is 0 Å². The van der Waals surface area contributed by atoms with Crippen LogP contribution in [0.25, 0.3) is 10.2 Å². The number of thiazole rings is 1. The molecule has 19 heavy (non-hydrogen) atoms. The van der Waals surface area contributed by atoms with Gasteiger partial charge in [0, 0.05) is 18.5 Å². The SMILES string of the molecule is O=C(O)CCCCNC(=O)c1ccc2ncsc2c1. The zero-order valence-corrected chi connectivity index (χ0v) is 11.1. The van der Waals surface area contributed by atoms with Crippen molar-refractivity contribution >= 4 is 33.4 Å². The molecule has 2 rings (SSSR count). The molecule has 0 aliphatic rings. The molecule has 0 saturated heterocycles. The number of carbonyl (C=O) groups is 2. The number of amides is 1. The number of unbranched alkanes of at least 4 members (excludes halogenated alkanes) is 1.